The lowest BCUT2D eigenvalue weighted by molar-refractivity contribution is -0.116. The van der Waals surface area contributed by atoms with Crippen LogP contribution in [-0.4, -0.2) is 41.7 Å². The van der Waals surface area contributed by atoms with E-state index in [4.69, 9.17) is 4.84 Å². The Morgan fingerprint density at radius 1 is 1.09 bits per heavy atom. The number of rotatable bonds is 5. The molecule has 3 nitrogen and oxygen atoms in total. The highest BCUT2D eigenvalue weighted by molar-refractivity contribution is 5.20. The first-order valence-corrected chi connectivity index (χ1v) is 8.71. The molecule has 22 heavy (non-hydrogen) atoms. The normalized spacial score (nSPS) is 25.0. The third-order valence-corrected chi connectivity index (χ3v) is 4.95. The summed E-state index contributed by atoms with van der Waals surface area (Å²) >= 11 is 0. The Kier molecular flexibility index (Phi) is 5.52. The molecule has 1 heterocycles. The zero-order valence-corrected chi connectivity index (χ0v) is 13.5. The van der Waals surface area contributed by atoms with Crippen LogP contribution in [0, 0.1) is 0 Å². The van der Waals surface area contributed by atoms with Crippen molar-refractivity contribution in [2.24, 2.45) is 0 Å². The molecule has 0 radical (unpaired) electrons. The number of nitrogens with zero attached hydrogens (tertiary/aromatic N) is 2. The lowest BCUT2D eigenvalue weighted by Gasteiger charge is -2.45. The molecule has 3 rings (SSSR count). The molecule has 1 unspecified atom stereocenters. The van der Waals surface area contributed by atoms with Crippen LogP contribution in [0.25, 0.3) is 0 Å². The Hall–Kier alpha value is -1.32. The summed E-state index contributed by atoms with van der Waals surface area (Å²) in [6, 6.07) is 11.4. The van der Waals surface area contributed by atoms with Gasteiger partial charge in [-0.1, -0.05) is 43.5 Å². The molecule has 1 atom stereocenters. The number of benzene rings is 1. The number of hydrogen-bond acceptors (Lipinski definition) is 3. The maximum atomic E-state index is 6.04. The van der Waals surface area contributed by atoms with Gasteiger partial charge in [-0.15, -0.1) is 11.6 Å². The summed E-state index contributed by atoms with van der Waals surface area (Å²) < 4.78 is 0. The van der Waals surface area contributed by atoms with E-state index in [1.807, 2.05) is 30.3 Å². The van der Waals surface area contributed by atoms with Gasteiger partial charge < -0.3 is 4.84 Å². The van der Waals surface area contributed by atoms with Crippen LogP contribution < -0.4 is 4.84 Å². The molecule has 120 valence electrons. The van der Waals surface area contributed by atoms with Gasteiger partial charge in [0.25, 0.3) is 0 Å². The third-order valence-electron chi connectivity index (χ3n) is 4.95. The van der Waals surface area contributed by atoms with Crippen LogP contribution in [-0.2, 0) is 0 Å². The van der Waals surface area contributed by atoms with Gasteiger partial charge in [-0.25, -0.2) is 0 Å². The van der Waals surface area contributed by atoms with Crippen molar-refractivity contribution in [3.8, 4) is 5.75 Å². The van der Waals surface area contributed by atoms with E-state index in [0.717, 1.165) is 37.8 Å². The molecule has 2 fully saturated rings. The molecule has 1 saturated carbocycles. The van der Waals surface area contributed by atoms with E-state index in [-0.39, 0.29) is 0 Å². The van der Waals surface area contributed by atoms with E-state index >= 15 is 0 Å². The number of hydrogen-bond donors (Lipinski definition) is 0. The van der Waals surface area contributed by atoms with Crippen LogP contribution in [0.1, 0.15) is 38.5 Å². The van der Waals surface area contributed by atoms with Gasteiger partial charge in [-0.2, -0.15) is 0 Å². The highest BCUT2D eigenvalue weighted by Crippen LogP contribution is 2.27. The second-order valence-electron chi connectivity index (χ2n) is 6.50. The Bertz CT molecular complexity index is 456. The fourth-order valence-corrected chi connectivity index (χ4v) is 3.85. The molecule has 1 aromatic rings. The molecular formula is C19H28N2O. The molecule has 1 aliphatic heterocycles. The van der Waals surface area contributed by atoms with Crippen LogP contribution in [0.5, 0.6) is 5.75 Å². The van der Waals surface area contributed by atoms with Crippen molar-refractivity contribution in [3.05, 3.63) is 43.0 Å². The molecule has 1 aromatic carbocycles. The minimum Gasteiger partial charge on any atom is -0.406 e. The van der Waals surface area contributed by atoms with Crippen LogP contribution in [0.15, 0.2) is 43.0 Å². The molecule has 2 aliphatic rings. The molecule has 1 aliphatic carbocycles. The fourth-order valence-electron chi connectivity index (χ4n) is 3.85. The van der Waals surface area contributed by atoms with E-state index in [0.29, 0.717) is 6.04 Å². The van der Waals surface area contributed by atoms with Crippen molar-refractivity contribution in [3.63, 3.8) is 0 Å². The Morgan fingerprint density at radius 3 is 2.59 bits per heavy atom. The van der Waals surface area contributed by atoms with Crippen LogP contribution in [0.3, 0.4) is 0 Å². The zero-order chi connectivity index (χ0) is 15.2. The SMILES string of the molecule is C=CCC1CN(Oc2ccccc2)CCN1C1CCCCC1. The molecule has 0 amide bonds. The number of para-hydroxylation sites is 1. The molecule has 0 aromatic heterocycles. The average Bonchev–Trinajstić information content (AvgIpc) is 2.57. The quantitative estimate of drug-likeness (QED) is 0.768. The zero-order valence-electron chi connectivity index (χ0n) is 13.5. The first kappa shape index (κ1) is 15.6. The molecule has 0 bridgehead atoms. The molecule has 1 saturated heterocycles. The van der Waals surface area contributed by atoms with Gasteiger partial charge in [-0.05, 0) is 31.4 Å². The van der Waals surface area contributed by atoms with Crippen LogP contribution in [0.2, 0.25) is 0 Å². The predicted octanol–water partition coefficient (Wildman–Crippen LogP) is 3.88. The van der Waals surface area contributed by atoms with Gasteiger partial charge in [0, 0.05) is 25.2 Å². The van der Waals surface area contributed by atoms with Crippen molar-refractivity contribution < 1.29 is 4.84 Å². The number of piperazine rings is 1. The minimum absolute atomic E-state index is 0.540. The first-order chi connectivity index (χ1) is 10.9. The van der Waals surface area contributed by atoms with Gasteiger partial charge in [0.15, 0.2) is 0 Å². The van der Waals surface area contributed by atoms with Gasteiger partial charge in [0.1, 0.15) is 5.75 Å². The Morgan fingerprint density at radius 2 is 1.86 bits per heavy atom. The lowest BCUT2D eigenvalue weighted by Crippen LogP contribution is -2.57. The maximum absolute atomic E-state index is 6.04. The van der Waals surface area contributed by atoms with Gasteiger partial charge in [-0.3, -0.25) is 4.90 Å². The van der Waals surface area contributed by atoms with Gasteiger partial charge in [0.05, 0.1) is 6.54 Å². The summed E-state index contributed by atoms with van der Waals surface area (Å²) in [6.45, 7) is 7.02. The fraction of sp³-hybridized carbons (Fsp3) is 0.579. The molecule has 3 heteroatoms. The van der Waals surface area contributed by atoms with E-state index in [1.165, 1.54) is 32.1 Å². The maximum Gasteiger partial charge on any atom is 0.147 e. The second-order valence-corrected chi connectivity index (χ2v) is 6.50. The monoisotopic (exact) mass is 300 g/mol. The van der Waals surface area contributed by atoms with Crippen molar-refractivity contribution in [1.29, 1.82) is 0 Å². The van der Waals surface area contributed by atoms with Crippen LogP contribution >= 0.6 is 0 Å². The summed E-state index contributed by atoms with van der Waals surface area (Å²) in [5.74, 6) is 0.936. The standard InChI is InChI=1S/C19H28N2O/c1-2-9-18-16-20(22-19-12-7-4-8-13-19)14-15-21(18)17-10-5-3-6-11-17/h2,4,7-8,12-13,17-18H,1,3,5-6,9-11,14-16H2. The summed E-state index contributed by atoms with van der Waals surface area (Å²) in [6.07, 6.45) is 10.1. The van der Waals surface area contributed by atoms with Crippen LogP contribution in [0.4, 0.5) is 0 Å². The molecular weight excluding hydrogens is 272 g/mol. The Balaban J connectivity index is 1.61. The van der Waals surface area contributed by atoms with E-state index in [1.54, 1.807) is 0 Å². The lowest BCUT2D eigenvalue weighted by atomic mass is 9.92. The smallest absolute Gasteiger partial charge is 0.147 e. The average molecular weight is 300 g/mol. The largest absolute Gasteiger partial charge is 0.406 e. The van der Waals surface area contributed by atoms with Gasteiger partial charge in [0.2, 0.25) is 0 Å². The summed E-state index contributed by atoms with van der Waals surface area (Å²) in [7, 11) is 0. The van der Waals surface area contributed by atoms with Crippen molar-refractivity contribution in [1.82, 2.24) is 9.96 Å². The van der Waals surface area contributed by atoms with Crippen molar-refractivity contribution >= 4 is 0 Å². The first-order valence-electron chi connectivity index (χ1n) is 8.71. The molecule has 0 spiro atoms. The summed E-state index contributed by atoms with van der Waals surface area (Å²) in [5, 5.41) is 2.13. The van der Waals surface area contributed by atoms with E-state index < -0.39 is 0 Å². The number of hydroxylamine groups is 2. The Labute approximate surface area is 134 Å². The molecule has 0 N–H and O–H groups in total. The second kappa shape index (κ2) is 7.80. The highest BCUT2D eigenvalue weighted by atomic mass is 16.7. The third kappa shape index (κ3) is 3.90. The topological polar surface area (TPSA) is 15.7 Å². The van der Waals surface area contributed by atoms with E-state index in [2.05, 4.69) is 22.6 Å². The minimum atomic E-state index is 0.540. The van der Waals surface area contributed by atoms with Crippen molar-refractivity contribution in [2.45, 2.75) is 50.6 Å². The predicted molar refractivity (Wildman–Crippen MR) is 90.8 cm³/mol. The van der Waals surface area contributed by atoms with Crippen molar-refractivity contribution in [2.75, 3.05) is 19.6 Å². The van der Waals surface area contributed by atoms with E-state index in [9.17, 15) is 0 Å². The summed E-state index contributed by atoms with van der Waals surface area (Å²) in [5.41, 5.74) is 0. The van der Waals surface area contributed by atoms with Gasteiger partial charge >= 0.3 is 0 Å². The summed E-state index contributed by atoms with van der Waals surface area (Å²) in [4.78, 5) is 8.77. The highest BCUT2D eigenvalue weighted by Gasteiger charge is 2.32.